The maximum Gasteiger partial charge on any atom is 0.435 e. The molecule has 1 radical (unpaired) electrons. The summed E-state index contributed by atoms with van der Waals surface area (Å²) in [6.07, 6.45) is -11.3. The van der Waals surface area contributed by atoms with Gasteiger partial charge in [0.1, 0.15) is 5.76 Å². The quantitative estimate of drug-likeness (QED) is 0.644. The molecule has 125 valence electrons. The number of halogens is 7. The van der Waals surface area contributed by atoms with Crippen molar-refractivity contribution in [3.05, 3.63) is 47.2 Å². The highest BCUT2D eigenvalue weighted by Gasteiger charge is 2.74. The third kappa shape index (κ3) is 2.70. The van der Waals surface area contributed by atoms with Gasteiger partial charge in [0.2, 0.25) is 0 Å². The number of hydrogen-bond acceptors (Lipinski definition) is 1. The summed E-state index contributed by atoms with van der Waals surface area (Å²) in [6, 6.07) is 5.51. The van der Waals surface area contributed by atoms with Gasteiger partial charge in [-0.1, -0.05) is 6.07 Å². The molecule has 0 N–H and O–H groups in total. The monoisotopic (exact) mass is 339 g/mol. The van der Waals surface area contributed by atoms with Gasteiger partial charge in [0, 0.05) is 11.1 Å². The first-order valence-electron chi connectivity index (χ1n) is 6.30. The number of furan rings is 1. The second-order valence-corrected chi connectivity index (χ2v) is 5.00. The first kappa shape index (κ1) is 17.4. The fourth-order valence-corrected chi connectivity index (χ4v) is 2.36. The van der Waals surface area contributed by atoms with Crippen molar-refractivity contribution in [1.29, 1.82) is 0 Å². The zero-order valence-corrected chi connectivity index (χ0v) is 11.9. The van der Waals surface area contributed by atoms with Gasteiger partial charge in [-0.15, -0.1) is 0 Å². The molecule has 0 saturated heterocycles. The van der Waals surface area contributed by atoms with Gasteiger partial charge < -0.3 is 4.42 Å². The van der Waals surface area contributed by atoms with Crippen molar-refractivity contribution < 1.29 is 35.2 Å². The van der Waals surface area contributed by atoms with Crippen LogP contribution in [0.4, 0.5) is 30.7 Å². The second-order valence-electron chi connectivity index (χ2n) is 5.00. The van der Waals surface area contributed by atoms with Crippen LogP contribution in [-0.4, -0.2) is 12.4 Å². The molecule has 1 heterocycles. The molecule has 0 aliphatic rings. The van der Waals surface area contributed by atoms with Crippen molar-refractivity contribution in [3.8, 4) is 11.3 Å². The van der Waals surface area contributed by atoms with Crippen molar-refractivity contribution in [2.75, 3.05) is 0 Å². The Labute approximate surface area is 126 Å². The lowest BCUT2D eigenvalue weighted by Gasteiger charge is -2.32. The van der Waals surface area contributed by atoms with Gasteiger partial charge in [0.05, 0.1) is 6.26 Å². The second kappa shape index (κ2) is 5.28. The maximum absolute atomic E-state index is 14.4. The summed E-state index contributed by atoms with van der Waals surface area (Å²) in [7, 11) is 0. The van der Waals surface area contributed by atoms with Crippen molar-refractivity contribution in [3.63, 3.8) is 0 Å². The number of alkyl halides is 7. The van der Waals surface area contributed by atoms with Gasteiger partial charge in [-0.05, 0) is 43.2 Å². The van der Waals surface area contributed by atoms with E-state index in [4.69, 9.17) is 4.42 Å². The Bertz CT molecular complexity index is 682. The predicted molar refractivity (Wildman–Crippen MR) is 67.4 cm³/mol. The molecule has 0 bridgehead atoms. The van der Waals surface area contributed by atoms with Crippen molar-refractivity contribution >= 4 is 0 Å². The SMILES string of the molecule is Cc1[c]c(C)c(-c2ccco2)c(C(F)(C(F)(F)F)C(F)(F)F)c1. The van der Waals surface area contributed by atoms with Crippen molar-refractivity contribution in [1.82, 2.24) is 0 Å². The van der Waals surface area contributed by atoms with Crippen LogP contribution < -0.4 is 0 Å². The van der Waals surface area contributed by atoms with Crippen molar-refractivity contribution in [2.45, 2.75) is 31.9 Å². The van der Waals surface area contributed by atoms with E-state index in [-0.39, 0.29) is 16.9 Å². The number of hydrogen-bond donors (Lipinski definition) is 0. The highest BCUT2D eigenvalue weighted by atomic mass is 19.4. The molecule has 0 unspecified atom stereocenters. The molecular weight excluding hydrogens is 329 g/mol. The first-order chi connectivity index (χ1) is 10.4. The third-order valence-electron chi connectivity index (χ3n) is 3.31. The highest BCUT2D eigenvalue weighted by Crippen LogP contribution is 2.55. The van der Waals surface area contributed by atoms with E-state index < -0.39 is 29.1 Å². The Hall–Kier alpha value is -1.99. The minimum atomic E-state index is -6.19. The molecule has 0 saturated carbocycles. The van der Waals surface area contributed by atoms with E-state index in [0.717, 1.165) is 12.3 Å². The van der Waals surface area contributed by atoms with Crippen LogP contribution in [0.2, 0.25) is 0 Å². The smallest absolute Gasteiger partial charge is 0.435 e. The minimum absolute atomic E-state index is 0.0525. The van der Waals surface area contributed by atoms with Crippen LogP contribution >= 0.6 is 0 Å². The van der Waals surface area contributed by atoms with E-state index in [2.05, 4.69) is 6.07 Å². The van der Waals surface area contributed by atoms with E-state index in [1.807, 2.05) is 0 Å². The fraction of sp³-hybridized carbons (Fsp3) is 0.333. The Morgan fingerprint density at radius 3 is 1.96 bits per heavy atom. The molecule has 0 aliphatic heterocycles. The molecule has 2 rings (SSSR count). The Kier molecular flexibility index (Phi) is 3.99. The first-order valence-corrected chi connectivity index (χ1v) is 6.30. The Morgan fingerprint density at radius 2 is 1.52 bits per heavy atom. The van der Waals surface area contributed by atoms with Gasteiger partial charge in [0.25, 0.3) is 0 Å². The molecular formula is C15H10F7O. The van der Waals surface area contributed by atoms with E-state index in [1.54, 1.807) is 0 Å². The minimum Gasteiger partial charge on any atom is -0.464 e. The molecule has 0 amide bonds. The molecule has 8 heteroatoms. The van der Waals surface area contributed by atoms with Crippen LogP contribution in [0.3, 0.4) is 0 Å². The van der Waals surface area contributed by atoms with Crippen LogP contribution in [0.1, 0.15) is 16.7 Å². The molecule has 2 aromatic rings. The number of aryl methyl sites for hydroxylation is 2. The average molecular weight is 339 g/mol. The highest BCUT2D eigenvalue weighted by molar-refractivity contribution is 5.69. The summed E-state index contributed by atoms with van der Waals surface area (Å²) < 4.78 is 97.5. The molecule has 23 heavy (non-hydrogen) atoms. The van der Waals surface area contributed by atoms with E-state index in [9.17, 15) is 30.7 Å². The lowest BCUT2D eigenvalue weighted by molar-refractivity contribution is -0.348. The summed E-state index contributed by atoms with van der Waals surface area (Å²) in [5.41, 5.74) is -7.82. The van der Waals surface area contributed by atoms with Gasteiger partial charge >= 0.3 is 18.0 Å². The fourth-order valence-electron chi connectivity index (χ4n) is 2.36. The summed E-state index contributed by atoms with van der Waals surface area (Å²) in [4.78, 5) is 0. The summed E-state index contributed by atoms with van der Waals surface area (Å²) in [5, 5.41) is 0. The molecule has 0 spiro atoms. The van der Waals surface area contributed by atoms with E-state index in [0.29, 0.717) is 6.07 Å². The molecule has 1 aromatic carbocycles. The largest absolute Gasteiger partial charge is 0.464 e. The Morgan fingerprint density at radius 1 is 0.957 bits per heavy atom. The summed E-state index contributed by atoms with van der Waals surface area (Å²) >= 11 is 0. The molecule has 0 fully saturated rings. The van der Waals surface area contributed by atoms with Crippen LogP contribution in [0, 0.1) is 19.9 Å². The zero-order chi connectivity index (χ0) is 17.6. The summed E-state index contributed by atoms with van der Waals surface area (Å²) in [6.45, 7) is 2.47. The number of benzene rings is 1. The van der Waals surface area contributed by atoms with Crippen LogP contribution in [-0.2, 0) is 5.67 Å². The average Bonchev–Trinajstić information content (AvgIpc) is 2.87. The third-order valence-corrected chi connectivity index (χ3v) is 3.31. The predicted octanol–water partition coefficient (Wildman–Crippen LogP) is 5.65. The standard InChI is InChI=1S/C15H10F7O/c1-8-6-9(2)12(11-4-3-5-23-11)10(7-8)13(16,14(17,18)19)15(20,21)22/h3-5,7H,1-2H3. The molecule has 1 aromatic heterocycles. The van der Waals surface area contributed by atoms with Crippen LogP contribution in [0.25, 0.3) is 11.3 Å². The molecule has 0 aliphatic carbocycles. The van der Waals surface area contributed by atoms with Crippen LogP contribution in [0.15, 0.2) is 28.9 Å². The Balaban J connectivity index is 2.90. The lowest BCUT2D eigenvalue weighted by atomic mass is 9.85. The van der Waals surface area contributed by atoms with E-state index >= 15 is 0 Å². The van der Waals surface area contributed by atoms with Gasteiger partial charge in [-0.2, -0.15) is 26.3 Å². The molecule has 1 nitrogen and oxygen atoms in total. The van der Waals surface area contributed by atoms with E-state index in [1.165, 1.54) is 19.9 Å². The van der Waals surface area contributed by atoms with Gasteiger partial charge in [0.15, 0.2) is 0 Å². The maximum atomic E-state index is 14.4. The van der Waals surface area contributed by atoms with Crippen molar-refractivity contribution in [2.24, 2.45) is 0 Å². The molecule has 0 atom stereocenters. The lowest BCUT2D eigenvalue weighted by Crippen LogP contribution is -2.50. The number of rotatable bonds is 2. The summed E-state index contributed by atoms with van der Waals surface area (Å²) in [5.74, 6) is -0.302. The topological polar surface area (TPSA) is 13.1 Å². The van der Waals surface area contributed by atoms with Gasteiger partial charge in [-0.3, -0.25) is 0 Å². The van der Waals surface area contributed by atoms with Crippen LogP contribution in [0.5, 0.6) is 0 Å². The van der Waals surface area contributed by atoms with Gasteiger partial charge in [-0.25, -0.2) is 4.39 Å². The normalized spacial score (nSPS) is 13.4. The zero-order valence-electron chi connectivity index (χ0n) is 11.9.